The van der Waals surface area contributed by atoms with E-state index >= 15 is 0 Å². The summed E-state index contributed by atoms with van der Waals surface area (Å²) < 4.78 is 17.6. The predicted molar refractivity (Wildman–Crippen MR) is 108 cm³/mol. The molecule has 1 aromatic rings. The number of allylic oxidation sites excluding steroid dienone is 2. The molecule has 1 aromatic carbocycles. The summed E-state index contributed by atoms with van der Waals surface area (Å²) in [6, 6.07) is 10.0. The number of hydrogen-bond acceptors (Lipinski definition) is 4. The molecule has 0 radical (unpaired) electrons. The smallest absolute Gasteiger partial charge is 0.184 e. The zero-order chi connectivity index (χ0) is 19.8. The van der Waals surface area contributed by atoms with Gasteiger partial charge in [0.15, 0.2) is 6.29 Å². The van der Waals surface area contributed by atoms with Crippen LogP contribution in [0.5, 0.6) is 0 Å². The van der Waals surface area contributed by atoms with E-state index < -0.39 is 0 Å². The van der Waals surface area contributed by atoms with Crippen LogP contribution in [0.15, 0.2) is 54.1 Å². The van der Waals surface area contributed by atoms with E-state index in [2.05, 4.69) is 39.0 Å². The van der Waals surface area contributed by atoms with Gasteiger partial charge in [0.05, 0.1) is 18.8 Å². The Labute approximate surface area is 163 Å². The van der Waals surface area contributed by atoms with Gasteiger partial charge < -0.3 is 19.3 Å². The Bertz CT molecular complexity index is 610. The van der Waals surface area contributed by atoms with E-state index in [-0.39, 0.29) is 36.9 Å². The molecule has 4 heteroatoms. The molecule has 1 heterocycles. The number of aliphatic hydroxyl groups is 1. The first-order valence-corrected chi connectivity index (χ1v) is 9.78. The van der Waals surface area contributed by atoms with Crippen LogP contribution in [0.1, 0.15) is 39.5 Å². The van der Waals surface area contributed by atoms with E-state index in [4.69, 9.17) is 14.2 Å². The van der Waals surface area contributed by atoms with E-state index in [9.17, 15) is 5.11 Å². The molecule has 0 aromatic heterocycles. The fraction of sp³-hybridized carbons (Fsp3) is 0.565. The number of methoxy groups -OCH3 is 1. The molecule has 0 amide bonds. The summed E-state index contributed by atoms with van der Waals surface area (Å²) in [5.41, 5.74) is 2.21. The Kier molecular flexibility index (Phi) is 8.71. The van der Waals surface area contributed by atoms with E-state index in [1.165, 1.54) is 0 Å². The molecule has 27 heavy (non-hydrogen) atoms. The molecule has 1 aliphatic rings. The highest BCUT2D eigenvalue weighted by molar-refractivity contribution is 5.20. The van der Waals surface area contributed by atoms with Crippen LogP contribution in [0.2, 0.25) is 0 Å². The third kappa shape index (κ3) is 6.28. The number of benzene rings is 1. The third-order valence-corrected chi connectivity index (χ3v) is 5.14. The second kappa shape index (κ2) is 10.8. The first-order valence-electron chi connectivity index (χ1n) is 9.78. The van der Waals surface area contributed by atoms with Gasteiger partial charge >= 0.3 is 0 Å². The normalized spacial score (nSPS) is 27.5. The minimum absolute atomic E-state index is 0.000866. The molecule has 0 bridgehead atoms. The van der Waals surface area contributed by atoms with Gasteiger partial charge in [-0.15, -0.1) is 0 Å². The third-order valence-electron chi connectivity index (χ3n) is 5.14. The van der Waals surface area contributed by atoms with Crippen LogP contribution >= 0.6 is 0 Å². The quantitative estimate of drug-likeness (QED) is 0.680. The van der Waals surface area contributed by atoms with Crippen molar-refractivity contribution in [1.82, 2.24) is 0 Å². The van der Waals surface area contributed by atoms with Crippen molar-refractivity contribution < 1.29 is 19.3 Å². The maximum Gasteiger partial charge on any atom is 0.184 e. The summed E-state index contributed by atoms with van der Waals surface area (Å²) >= 11 is 0. The predicted octanol–water partition coefficient (Wildman–Crippen LogP) is 4.52. The first kappa shape index (κ1) is 21.8. The maximum atomic E-state index is 9.40. The van der Waals surface area contributed by atoms with Crippen molar-refractivity contribution in [2.24, 2.45) is 17.8 Å². The molecule has 4 nitrogen and oxygen atoms in total. The van der Waals surface area contributed by atoms with Crippen LogP contribution in [0.4, 0.5) is 0 Å². The van der Waals surface area contributed by atoms with Crippen LogP contribution in [-0.4, -0.2) is 37.6 Å². The van der Waals surface area contributed by atoms with Crippen molar-refractivity contribution in [3.05, 3.63) is 59.7 Å². The summed E-state index contributed by atoms with van der Waals surface area (Å²) in [5, 5.41) is 9.40. The monoisotopic (exact) mass is 374 g/mol. The number of hydrogen-bond donors (Lipinski definition) is 1. The fourth-order valence-corrected chi connectivity index (χ4v) is 3.55. The highest BCUT2D eigenvalue weighted by atomic mass is 16.7. The van der Waals surface area contributed by atoms with Crippen LogP contribution in [0.25, 0.3) is 0 Å². The van der Waals surface area contributed by atoms with Crippen molar-refractivity contribution in [3.8, 4) is 0 Å². The van der Waals surface area contributed by atoms with Crippen LogP contribution in [0.3, 0.4) is 0 Å². The second-order valence-electron chi connectivity index (χ2n) is 7.64. The Morgan fingerprint density at radius 2 is 2.00 bits per heavy atom. The van der Waals surface area contributed by atoms with Gasteiger partial charge in [-0.2, -0.15) is 0 Å². The SMILES string of the molecule is CO[C@H]([C@@H](C)/C=C(C)/C=C/[C@@H]1O[C@H](c2ccccc2)OC[C@H]1C)[C@@H](C)CO. The molecule has 2 rings (SSSR count). The molecule has 1 aliphatic heterocycles. The molecule has 1 fully saturated rings. The van der Waals surface area contributed by atoms with E-state index in [0.29, 0.717) is 12.5 Å². The van der Waals surface area contributed by atoms with Crippen molar-refractivity contribution in [1.29, 1.82) is 0 Å². The summed E-state index contributed by atoms with van der Waals surface area (Å²) in [5.74, 6) is 0.614. The number of ether oxygens (including phenoxy) is 3. The van der Waals surface area contributed by atoms with Gasteiger partial charge in [0.2, 0.25) is 0 Å². The lowest BCUT2D eigenvalue weighted by Gasteiger charge is -2.33. The lowest BCUT2D eigenvalue weighted by Crippen LogP contribution is -2.33. The van der Waals surface area contributed by atoms with Gasteiger partial charge in [-0.25, -0.2) is 0 Å². The van der Waals surface area contributed by atoms with E-state index in [0.717, 1.165) is 11.1 Å². The van der Waals surface area contributed by atoms with Gasteiger partial charge in [0.1, 0.15) is 0 Å². The highest BCUT2D eigenvalue weighted by Gasteiger charge is 2.28. The molecular weight excluding hydrogens is 340 g/mol. The molecule has 150 valence electrons. The average Bonchev–Trinajstić information content (AvgIpc) is 2.68. The number of aliphatic hydroxyl groups excluding tert-OH is 1. The van der Waals surface area contributed by atoms with Crippen molar-refractivity contribution in [2.45, 2.75) is 46.2 Å². The van der Waals surface area contributed by atoms with E-state index in [1.807, 2.05) is 37.3 Å². The van der Waals surface area contributed by atoms with Gasteiger partial charge in [-0.05, 0) is 6.92 Å². The zero-order valence-electron chi connectivity index (χ0n) is 17.2. The zero-order valence-corrected chi connectivity index (χ0v) is 17.2. The van der Waals surface area contributed by atoms with Gasteiger partial charge in [-0.1, -0.05) is 74.9 Å². The summed E-state index contributed by atoms with van der Waals surface area (Å²) in [6.07, 6.45) is 6.12. The molecule has 0 aliphatic carbocycles. The van der Waals surface area contributed by atoms with Gasteiger partial charge in [0.25, 0.3) is 0 Å². The topological polar surface area (TPSA) is 47.9 Å². The molecule has 1 saturated heterocycles. The molecular formula is C23H34O4. The molecule has 6 atom stereocenters. The fourth-order valence-electron chi connectivity index (χ4n) is 3.55. The second-order valence-corrected chi connectivity index (χ2v) is 7.64. The molecule has 0 unspecified atom stereocenters. The van der Waals surface area contributed by atoms with Gasteiger partial charge in [0, 0.05) is 37.0 Å². The minimum atomic E-state index is -0.316. The lowest BCUT2D eigenvalue weighted by molar-refractivity contribution is -0.225. The van der Waals surface area contributed by atoms with Crippen molar-refractivity contribution >= 4 is 0 Å². The Balaban J connectivity index is 2.01. The Morgan fingerprint density at radius 1 is 1.30 bits per heavy atom. The Hall–Kier alpha value is -1.46. The standard InChI is InChI=1S/C23H34O4/c1-16(13-17(2)22(25-5)18(3)14-24)11-12-21-19(4)15-26-23(27-21)20-9-7-6-8-10-20/h6-13,17-19,21-24H,14-15H2,1-5H3/b12-11+,16-13+/t17-,18-,19+,21-,22+,23+/m0/s1. The van der Waals surface area contributed by atoms with Gasteiger partial charge in [-0.3, -0.25) is 0 Å². The highest BCUT2D eigenvalue weighted by Crippen LogP contribution is 2.30. The summed E-state index contributed by atoms with van der Waals surface area (Å²) in [7, 11) is 1.70. The van der Waals surface area contributed by atoms with Crippen molar-refractivity contribution in [3.63, 3.8) is 0 Å². The lowest BCUT2D eigenvalue weighted by atomic mass is 9.92. The summed E-state index contributed by atoms with van der Waals surface area (Å²) in [6.45, 7) is 9.15. The molecule has 0 saturated carbocycles. The molecule has 0 spiro atoms. The van der Waals surface area contributed by atoms with Crippen LogP contribution in [0, 0.1) is 17.8 Å². The van der Waals surface area contributed by atoms with E-state index in [1.54, 1.807) is 7.11 Å². The number of rotatable bonds is 8. The summed E-state index contributed by atoms with van der Waals surface area (Å²) in [4.78, 5) is 0. The van der Waals surface area contributed by atoms with Crippen molar-refractivity contribution in [2.75, 3.05) is 20.3 Å². The molecule has 1 N–H and O–H groups in total. The Morgan fingerprint density at radius 3 is 2.63 bits per heavy atom. The largest absolute Gasteiger partial charge is 0.396 e. The minimum Gasteiger partial charge on any atom is -0.396 e. The van der Waals surface area contributed by atoms with Crippen LogP contribution in [-0.2, 0) is 14.2 Å². The maximum absolute atomic E-state index is 9.40. The van der Waals surface area contributed by atoms with Crippen LogP contribution < -0.4 is 0 Å². The average molecular weight is 375 g/mol. The first-order chi connectivity index (χ1) is 13.0.